The molecule has 0 radical (unpaired) electrons. The Morgan fingerprint density at radius 2 is 1.78 bits per heavy atom. The average Bonchev–Trinajstić information content (AvgIpc) is 2.69. The molecule has 6 heteroatoms. The van der Waals surface area contributed by atoms with Crippen LogP contribution in [0, 0.1) is 11.7 Å². The van der Waals surface area contributed by atoms with Crippen LogP contribution < -0.4 is 9.47 Å². The maximum atomic E-state index is 14.0. The van der Waals surface area contributed by atoms with Crippen LogP contribution in [0.4, 0.5) is 4.39 Å². The van der Waals surface area contributed by atoms with Crippen molar-refractivity contribution < 1.29 is 23.8 Å². The van der Waals surface area contributed by atoms with Gasteiger partial charge in [-0.2, -0.15) is 0 Å². The van der Waals surface area contributed by atoms with Crippen LogP contribution in [0.2, 0.25) is 0 Å². The fourth-order valence-electron chi connectivity index (χ4n) is 3.70. The van der Waals surface area contributed by atoms with Crippen LogP contribution in [0.15, 0.2) is 42.5 Å². The number of methoxy groups -OCH3 is 2. The number of ether oxygens (including phenoxy) is 2. The van der Waals surface area contributed by atoms with Gasteiger partial charge >= 0.3 is 5.97 Å². The SMILES string of the molecule is COc1ccc(C(c2cc(F)ccc2OC)N2CCC(C(=O)O)CC2)cc1. The lowest BCUT2D eigenvalue weighted by Gasteiger charge is -2.37. The zero-order chi connectivity index (χ0) is 19.4. The van der Waals surface area contributed by atoms with Gasteiger partial charge in [0.05, 0.1) is 26.2 Å². The van der Waals surface area contributed by atoms with Gasteiger partial charge in [-0.15, -0.1) is 0 Å². The predicted molar refractivity (Wildman–Crippen MR) is 99.7 cm³/mol. The molecule has 1 unspecified atom stereocenters. The van der Waals surface area contributed by atoms with Crippen LogP contribution in [-0.2, 0) is 4.79 Å². The number of carbonyl (C=O) groups is 1. The molecule has 1 aliphatic heterocycles. The lowest BCUT2D eigenvalue weighted by Crippen LogP contribution is -2.39. The van der Waals surface area contributed by atoms with Crippen LogP contribution in [0.1, 0.15) is 30.0 Å². The molecule has 2 aromatic rings. The highest BCUT2D eigenvalue weighted by atomic mass is 19.1. The molecular formula is C21H24FNO4. The van der Waals surface area contributed by atoms with Crippen molar-refractivity contribution in [1.82, 2.24) is 4.90 Å². The minimum absolute atomic E-state index is 0.226. The molecule has 0 bridgehead atoms. The van der Waals surface area contributed by atoms with E-state index in [1.165, 1.54) is 12.1 Å². The lowest BCUT2D eigenvalue weighted by molar-refractivity contribution is -0.143. The van der Waals surface area contributed by atoms with Gasteiger partial charge in [0.15, 0.2) is 0 Å². The molecule has 3 rings (SSSR count). The molecule has 2 aromatic carbocycles. The first kappa shape index (κ1) is 19.2. The van der Waals surface area contributed by atoms with Crippen molar-refractivity contribution in [3.05, 3.63) is 59.4 Å². The van der Waals surface area contributed by atoms with Gasteiger partial charge in [-0.1, -0.05) is 12.1 Å². The summed E-state index contributed by atoms with van der Waals surface area (Å²) in [7, 11) is 3.18. The van der Waals surface area contributed by atoms with Gasteiger partial charge in [-0.25, -0.2) is 4.39 Å². The maximum absolute atomic E-state index is 14.0. The second-order valence-corrected chi connectivity index (χ2v) is 6.71. The number of nitrogens with zero attached hydrogens (tertiary/aromatic N) is 1. The molecule has 0 amide bonds. The standard InChI is InChI=1S/C21H24FNO4/c1-26-17-6-3-14(4-7-17)20(18-13-16(22)5-8-19(18)27-2)23-11-9-15(10-12-23)21(24)25/h3-8,13,15,20H,9-12H2,1-2H3,(H,24,25). The fraction of sp³-hybridized carbons (Fsp3) is 0.381. The average molecular weight is 373 g/mol. The Bertz CT molecular complexity index is 785. The van der Waals surface area contributed by atoms with Crippen molar-refractivity contribution in [2.45, 2.75) is 18.9 Å². The van der Waals surface area contributed by atoms with Crippen LogP contribution >= 0.6 is 0 Å². The van der Waals surface area contributed by atoms with Gasteiger partial charge in [0.1, 0.15) is 17.3 Å². The van der Waals surface area contributed by atoms with E-state index in [1.807, 2.05) is 24.3 Å². The number of carboxylic acids is 1. The third-order valence-corrected chi connectivity index (χ3v) is 5.16. The number of rotatable bonds is 6. The largest absolute Gasteiger partial charge is 0.497 e. The summed E-state index contributed by atoms with van der Waals surface area (Å²) in [5.41, 5.74) is 1.71. The summed E-state index contributed by atoms with van der Waals surface area (Å²) in [6.45, 7) is 1.24. The molecular weight excluding hydrogens is 349 g/mol. The number of piperidine rings is 1. The number of benzene rings is 2. The monoisotopic (exact) mass is 373 g/mol. The molecule has 0 aliphatic carbocycles. The number of aliphatic carboxylic acids is 1. The summed E-state index contributed by atoms with van der Waals surface area (Å²) in [6, 6.07) is 11.9. The van der Waals surface area contributed by atoms with Gasteiger partial charge in [0, 0.05) is 5.56 Å². The topological polar surface area (TPSA) is 59.0 Å². The van der Waals surface area contributed by atoms with Crippen LogP contribution in [0.5, 0.6) is 11.5 Å². The van der Waals surface area contributed by atoms with E-state index in [4.69, 9.17) is 9.47 Å². The van der Waals surface area contributed by atoms with Crippen LogP contribution in [0.25, 0.3) is 0 Å². The molecule has 1 N–H and O–H groups in total. The Kier molecular flexibility index (Phi) is 5.96. The van der Waals surface area contributed by atoms with Crippen molar-refractivity contribution >= 4 is 5.97 Å². The minimum atomic E-state index is -0.751. The Labute approximate surface area is 158 Å². The maximum Gasteiger partial charge on any atom is 0.306 e. The summed E-state index contributed by atoms with van der Waals surface area (Å²) in [6.07, 6.45) is 1.14. The first-order valence-corrected chi connectivity index (χ1v) is 8.97. The Balaban J connectivity index is 1.99. The summed E-state index contributed by atoms with van der Waals surface area (Å²) < 4.78 is 24.8. The summed E-state index contributed by atoms with van der Waals surface area (Å²) >= 11 is 0. The molecule has 1 aliphatic rings. The number of hydrogen-bond acceptors (Lipinski definition) is 4. The highest BCUT2D eigenvalue weighted by molar-refractivity contribution is 5.70. The van der Waals surface area contributed by atoms with Crippen molar-refractivity contribution in [1.29, 1.82) is 0 Å². The van der Waals surface area contributed by atoms with Crippen molar-refractivity contribution in [2.24, 2.45) is 5.92 Å². The minimum Gasteiger partial charge on any atom is -0.497 e. The van der Waals surface area contributed by atoms with E-state index in [0.29, 0.717) is 31.7 Å². The van der Waals surface area contributed by atoms with Gasteiger partial charge in [-0.3, -0.25) is 9.69 Å². The van der Waals surface area contributed by atoms with E-state index in [0.717, 1.165) is 16.9 Å². The number of halogens is 1. The van der Waals surface area contributed by atoms with Gasteiger partial charge in [0.25, 0.3) is 0 Å². The zero-order valence-corrected chi connectivity index (χ0v) is 15.5. The van der Waals surface area contributed by atoms with E-state index >= 15 is 0 Å². The summed E-state index contributed by atoms with van der Waals surface area (Å²) in [4.78, 5) is 13.5. The summed E-state index contributed by atoms with van der Waals surface area (Å²) in [5, 5.41) is 9.27. The molecule has 0 saturated carbocycles. The highest BCUT2D eigenvalue weighted by Crippen LogP contribution is 2.38. The Morgan fingerprint density at radius 3 is 2.33 bits per heavy atom. The molecule has 1 atom stereocenters. The first-order chi connectivity index (χ1) is 13.0. The quantitative estimate of drug-likeness (QED) is 0.836. The van der Waals surface area contributed by atoms with Crippen molar-refractivity contribution in [3.63, 3.8) is 0 Å². The highest BCUT2D eigenvalue weighted by Gasteiger charge is 2.31. The predicted octanol–water partition coefficient (Wildman–Crippen LogP) is 3.73. The molecule has 1 heterocycles. The normalized spacial score (nSPS) is 16.7. The molecule has 5 nitrogen and oxygen atoms in total. The lowest BCUT2D eigenvalue weighted by atomic mass is 9.91. The Hall–Kier alpha value is -2.60. The third-order valence-electron chi connectivity index (χ3n) is 5.16. The van der Waals surface area contributed by atoms with Gasteiger partial charge in [0.2, 0.25) is 0 Å². The van der Waals surface area contributed by atoms with E-state index < -0.39 is 5.97 Å². The number of likely N-dealkylation sites (tertiary alicyclic amines) is 1. The van der Waals surface area contributed by atoms with Gasteiger partial charge < -0.3 is 14.6 Å². The Morgan fingerprint density at radius 1 is 1.11 bits per heavy atom. The van der Waals surface area contributed by atoms with Crippen molar-refractivity contribution in [2.75, 3.05) is 27.3 Å². The van der Waals surface area contributed by atoms with Crippen LogP contribution in [0.3, 0.4) is 0 Å². The van der Waals surface area contributed by atoms with E-state index in [1.54, 1.807) is 20.3 Å². The number of hydrogen-bond donors (Lipinski definition) is 1. The van der Waals surface area contributed by atoms with E-state index in [-0.39, 0.29) is 17.8 Å². The zero-order valence-electron chi connectivity index (χ0n) is 15.5. The smallest absolute Gasteiger partial charge is 0.306 e. The van der Waals surface area contributed by atoms with Crippen molar-refractivity contribution in [3.8, 4) is 11.5 Å². The summed E-state index contributed by atoms with van der Waals surface area (Å²) in [5.74, 6) is -0.0539. The number of carboxylic acid groups (broad SMARTS) is 1. The molecule has 1 fully saturated rings. The molecule has 144 valence electrons. The van der Waals surface area contributed by atoms with E-state index in [2.05, 4.69) is 4.90 Å². The second kappa shape index (κ2) is 8.39. The fourth-order valence-corrected chi connectivity index (χ4v) is 3.70. The molecule has 0 aromatic heterocycles. The second-order valence-electron chi connectivity index (χ2n) is 6.71. The molecule has 27 heavy (non-hydrogen) atoms. The van der Waals surface area contributed by atoms with E-state index in [9.17, 15) is 14.3 Å². The molecule has 0 spiro atoms. The van der Waals surface area contributed by atoms with Crippen LogP contribution in [-0.4, -0.2) is 43.3 Å². The third kappa shape index (κ3) is 4.22. The molecule has 1 saturated heterocycles. The first-order valence-electron chi connectivity index (χ1n) is 8.97. The van der Waals surface area contributed by atoms with Gasteiger partial charge in [-0.05, 0) is 61.8 Å².